The van der Waals surface area contributed by atoms with Gasteiger partial charge in [-0.15, -0.1) is 0 Å². The molecule has 1 N–H and O–H groups in total. The van der Waals surface area contributed by atoms with Gasteiger partial charge in [-0.25, -0.2) is 8.78 Å². The monoisotopic (exact) mass is 477 g/mol. The summed E-state index contributed by atoms with van der Waals surface area (Å²) in [6, 6.07) is 10.7. The minimum atomic E-state index is -3.01. The minimum Gasteiger partial charge on any atom is -0.435 e. The topological polar surface area (TPSA) is 71.0 Å². The quantitative estimate of drug-likeness (QED) is 0.420. The summed E-state index contributed by atoms with van der Waals surface area (Å²) in [5.41, 5.74) is 0.461. The molecule has 2 aromatic carbocycles. The van der Waals surface area contributed by atoms with Crippen LogP contribution in [0.15, 0.2) is 53.6 Å². The first-order valence-electron chi connectivity index (χ1n) is 10.9. The summed E-state index contributed by atoms with van der Waals surface area (Å²) in [7, 11) is 0. The average Bonchev–Trinajstić information content (AvgIpc) is 3.43. The number of alkyl halides is 4. The van der Waals surface area contributed by atoms with Gasteiger partial charge in [0.15, 0.2) is 5.92 Å². The van der Waals surface area contributed by atoms with Crippen molar-refractivity contribution in [1.29, 1.82) is 0 Å². The molecule has 180 valence electrons. The van der Waals surface area contributed by atoms with Crippen LogP contribution in [0.5, 0.6) is 5.75 Å². The number of nitrogens with one attached hydrogen (secondary N) is 1. The fourth-order valence-corrected chi connectivity index (χ4v) is 4.36. The fraction of sp³-hybridized carbons (Fsp3) is 0.375. The summed E-state index contributed by atoms with van der Waals surface area (Å²) < 4.78 is 58.7. The second-order valence-electron chi connectivity index (χ2n) is 8.37. The number of rotatable bonds is 7. The Morgan fingerprint density at radius 2 is 1.82 bits per heavy atom. The lowest BCUT2D eigenvalue weighted by molar-refractivity contribution is -0.127. The molecule has 2 aliphatic rings. The van der Waals surface area contributed by atoms with Crippen molar-refractivity contribution < 1.29 is 31.9 Å². The normalized spacial score (nSPS) is 19.0. The van der Waals surface area contributed by atoms with Gasteiger partial charge in [0, 0.05) is 17.2 Å². The summed E-state index contributed by atoms with van der Waals surface area (Å²) in [5.74, 6) is -6.42. The third-order valence-corrected chi connectivity index (χ3v) is 6.08. The molecule has 2 aromatic rings. The van der Waals surface area contributed by atoms with E-state index in [9.17, 15) is 27.2 Å². The van der Waals surface area contributed by atoms with Crippen LogP contribution in [-0.2, 0) is 15.5 Å². The fourth-order valence-electron chi connectivity index (χ4n) is 4.36. The van der Waals surface area contributed by atoms with E-state index in [2.05, 4.69) is 15.2 Å². The lowest BCUT2D eigenvalue weighted by Gasteiger charge is -2.24. The van der Waals surface area contributed by atoms with Crippen LogP contribution in [0.3, 0.4) is 0 Å². The first-order valence-corrected chi connectivity index (χ1v) is 10.9. The van der Waals surface area contributed by atoms with Crippen LogP contribution in [0, 0.1) is 11.8 Å². The molecule has 1 aliphatic heterocycles. The summed E-state index contributed by atoms with van der Waals surface area (Å²) in [5, 5.41) is 7.66. The second kappa shape index (κ2) is 9.44. The first kappa shape index (κ1) is 23.7. The lowest BCUT2D eigenvalue weighted by Crippen LogP contribution is -2.36. The molecule has 1 atom stereocenters. The highest BCUT2D eigenvalue weighted by atomic mass is 19.3. The van der Waals surface area contributed by atoms with Gasteiger partial charge in [0.25, 0.3) is 11.8 Å². The minimum absolute atomic E-state index is 0.0883. The Hall–Kier alpha value is -3.43. The average molecular weight is 477 g/mol. The molecule has 2 amide bonds. The molecule has 1 fully saturated rings. The number of amides is 2. The van der Waals surface area contributed by atoms with Gasteiger partial charge in [0.1, 0.15) is 5.75 Å². The predicted molar refractivity (Wildman–Crippen MR) is 118 cm³/mol. The van der Waals surface area contributed by atoms with Crippen LogP contribution < -0.4 is 15.1 Å². The van der Waals surface area contributed by atoms with E-state index in [-0.39, 0.29) is 28.4 Å². The van der Waals surface area contributed by atoms with Crippen LogP contribution in [0.2, 0.25) is 0 Å². The molecule has 6 nitrogen and oxygen atoms in total. The molecule has 4 rings (SSSR count). The lowest BCUT2D eigenvalue weighted by atomic mass is 9.93. The van der Waals surface area contributed by atoms with E-state index in [4.69, 9.17) is 0 Å². The van der Waals surface area contributed by atoms with Gasteiger partial charge >= 0.3 is 6.61 Å². The van der Waals surface area contributed by atoms with Crippen molar-refractivity contribution in [2.45, 2.75) is 45.1 Å². The molecule has 10 heteroatoms. The number of nitrogens with zero attached hydrogens (tertiary/aromatic N) is 2. The highest BCUT2D eigenvalue weighted by molar-refractivity contribution is 6.28. The van der Waals surface area contributed by atoms with E-state index >= 15 is 0 Å². The van der Waals surface area contributed by atoms with E-state index in [1.807, 2.05) is 0 Å². The maximum atomic E-state index is 14.9. The summed E-state index contributed by atoms with van der Waals surface area (Å²) in [6.45, 7) is -1.48. The highest BCUT2D eigenvalue weighted by Gasteiger charge is 2.43. The molecular weight excluding hydrogens is 454 g/mol. The SMILES string of the molecule is CC1=NN(c2ccc(OC(F)F)cc2)C(=O)C1C(=O)Nc1cccc(C(F)(F)C2CCCC2)c1. The van der Waals surface area contributed by atoms with E-state index in [1.54, 1.807) is 0 Å². The zero-order valence-electron chi connectivity index (χ0n) is 18.3. The molecule has 0 aromatic heterocycles. The molecular formula is C24H23F4N3O3. The number of hydrogen-bond acceptors (Lipinski definition) is 4. The van der Waals surface area contributed by atoms with Gasteiger partial charge in [0.2, 0.25) is 5.91 Å². The number of halogens is 4. The molecule has 34 heavy (non-hydrogen) atoms. The van der Waals surface area contributed by atoms with E-state index < -0.39 is 36.2 Å². The maximum Gasteiger partial charge on any atom is 0.387 e. The Balaban J connectivity index is 1.47. The van der Waals surface area contributed by atoms with Gasteiger partial charge in [-0.1, -0.05) is 25.0 Å². The van der Waals surface area contributed by atoms with Crippen LogP contribution >= 0.6 is 0 Å². The number of carbonyl (C=O) groups excluding carboxylic acids is 2. The summed E-state index contributed by atoms with van der Waals surface area (Å²) >= 11 is 0. The Labute approximate surface area is 193 Å². The van der Waals surface area contributed by atoms with Crippen molar-refractivity contribution in [1.82, 2.24) is 0 Å². The second-order valence-corrected chi connectivity index (χ2v) is 8.37. The molecule has 0 radical (unpaired) electrons. The van der Waals surface area contributed by atoms with Crippen molar-refractivity contribution in [3.8, 4) is 5.75 Å². The van der Waals surface area contributed by atoms with E-state index in [1.165, 1.54) is 55.5 Å². The first-order chi connectivity index (χ1) is 16.2. The van der Waals surface area contributed by atoms with E-state index in [0.29, 0.717) is 12.8 Å². The van der Waals surface area contributed by atoms with Crippen molar-refractivity contribution in [3.63, 3.8) is 0 Å². The molecule has 1 unspecified atom stereocenters. The van der Waals surface area contributed by atoms with Crippen LogP contribution in [-0.4, -0.2) is 24.1 Å². The molecule has 1 aliphatic carbocycles. The van der Waals surface area contributed by atoms with Crippen molar-refractivity contribution >= 4 is 28.9 Å². The molecule has 1 saturated carbocycles. The summed E-state index contributed by atoms with van der Waals surface area (Å²) in [4.78, 5) is 25.8. The zero-order chi connectivity index (χ0) is 24.5. The Bertz CT molecular complexity index is 1100. The third-order valence-electron chi connectivity index (χ3n) is 6.08. The Kier molecular flexibility index (Phi) is 6.58. The number of ether oxygens (including phenoxy) is 1. The molecule has 0 bridgehead atoms. The van der Waals surface area contributed by atoms with Crippen LogP contribution in [0.25, 0.3) is 0 Å². The number of hydrazone groups is 1. The number of hydrogen-bond donors (Lipinski definition) is 1. The van der Waals surface area contributed by atoms with Gasteiger partial charge in [-0.05, 0) is 56.2 Å². The van der Waals surface area contributed by atoms with Gasteiger partial charge in [-0.2, -0.15) is 18.9 Å². The highest BCUT2D eigenvalue weighted by Crippen LogP contribution is 2.45. The number of anilines is 2. The zero-order valence-corrected chi connectivity index (χ0v) is 18.3. The smallest absolute Gasteiger partial charge is 0.387 e. The Morgan fingerprint density at radius 3 is 2.47 bits per heavy atom. The van der Waals surface area contributed by atoms with Crippen molar-refractivity contribution in [2.24, 2.45) is 16.9 Å². The van der Waals surface area contributed by atoms with Crippen LogP contribution in [0.4, 0.5) is 28.9 Å². The van der Waals surface area contributed by atoms with Gasteiger partial charge in [-0.3, -0.25) is 9.59 Å². The molecule has 1 heterocycles. The van der Waals surface area contributed by atoms with Gasteiger partial charge in [0.05, 0.1) is 11.4 Å². The van der Waals surface area contributed by atoms with E-state index in [0.717, 1.165) is 17.9 Å². The number of carbonyl (C=O) groups is 2. The predicted octanol–water partition coefficient (Wildman–Crippen LogP) is 5.55. The maximum absolute atomic E-state index is 14.9. The number of benzene rings is 2. The molecule has 0 saturated heterocycles. The van der Waals surface area contributed by atoms with Crippen molar-refractivity contribution in [2.75, 3.05) is 10.3 Å². The summed E-state index contributed by atoms with van der Waals surface area (Å²) in [6.07, 6.45) is 2.47. The largest absolute Gasteiger partial charge is 0.435 e. The van der Waals surface area contributed by atoms with Gasteiger partial charge < -0.3 is 10.1 Å². The van der Waals surface area contributed by atoms with Crippen LogP contribution in [0.1, 0.15) is 38.2 Å². The van der Waals surface area contributed by atoms with Crippen molar-refractivity contribution in [3.05, 3.63) is 54.1 Å². The Morgan fingerprint density at radius 1 is 1.15 bits per heavy atom. The third kappa shape index (κ3) is 4.76. The standard InChI is InChI=1S/C24H23F4N3O3/c1-14-20(22(33)31(30-14)18-9-11-19(12-10-18)34-23(25)26)21(32)29-17-8-4-7-16(13-17)24(27,28)15-5-2-3-6-15/h4,7-13,15,20,23H,2-3,5-6H2,1H3,(H,29,32). The molecule has 0 spiro atoms.